The predicted octanol–water partition coefficient (Wildman–Crippen LogP) is 2.53. The minimum atomic E-state index is -0.102. The van der Waals surface area contributed by atoms with Gasteiger partial charge in [0.15, 0.2) is 5.76 Å². The van der Waals surface area contributed by atoms with Gasteiger partial charge in [-0.2, -0.15) is 0 Å². The van der Waals surface area contributed by atoms with Crippen LogP contribution >= 0.6 is 15.9 Å². The molecule has 0 atom stereocenters. The zero-order valence-corrected chi connectivity index (χ0v) is 8.33. The highest BCUT2D eigenvalue weighted by Gasteiger charge is 2.21. The molecule has 4 heteroatoms. The fourth-order valence-electron chi connectivity index (χ4n) is 1.16. The summed E-state index contributed by atoms with van der Waals surface area (Å²) in [5.41, 5.74) is 0.663. The second kappa shape index (κ2) is 3.38. The van der Waals surface area contributed by atoms with Crippen LogP contribution in [0.1, 0.15) is 17.0 Å². The Balaban J connectivity index is 2.27. The molecule has 3 nitrogen and oxygen atoms in total. The summed E-state index contributed by atoms with van der Waals surface area (Å²) in [5.74, 6) is 0.242. The number of Topliss-reactive ketones (excluding diaryl/α,β-unsaturated/α-hetero) is 1. The number of carbonyl (C=O) groups is 1. The van der Waals surface area contributed by atoms with E-state index in [4.69, 9.17) is 9.15 Å². The van der Waals surface area contributed by atoms with Crippen molar-refractivity contribution in [2.75, 3.05) is 6.61 Å². The Morgan fingerprint density at radius 1 is 1.54 bits per heavy atom. The van der Waals surface area contributed by atoms with Crippen LogP contribution in [-0.2, 0) is 4.74 Å². The van der Waals surface area contributed by atoms with E-state index in [0.29, 0.717) is 28.8 Å². The molecule has 0 N–H and O–H groups in total. The lowest BCUT2D eigenvalue weighted by Gasteiger charge is -1.95. The van der Waals surface area contributed by atoms with E-state index >= 15 is 0 Å². The average molecular weight is 243 g/mol. The Labute approximate surface area is 83.5 Å². The molecule has 0 radical (unpaired) electrons. The number of carbonyl (C=O) groups excluding carboxylic acids is 1. The summed E-state index contributed by atoms with van der Waals surface area (Å²) in [6.45, 7) is 0.583. The Bertz CT molecular complexity index is 365. The van der Waals surface area contributed by atoms with Gasteiger partial charge < -0.3 is 9.15 Å². The first-order chi connectivity index (χ1) is 6.29. The lowest BCUT2D eigenvalue weighted by Crippen LogP contribution is -2.00. The SMILES string of the molecule is O=C(C1=COCC1)c1occc1Br. The number of hydrogen-bond donors (Lipinski definition) is 0. The smallest absolute Gasteiger partial charge is 0.228 e. The Hall–Kier alpha value is -1.03. The molecule has 0 saturated heterocycles. The van der Waals surface area contributed by atoms with Crippen molar-refractivity contribution in [3.05, 3.63) is 34.4 Å². The number of ketones is 1. The van der Waals surface area contributed by atoms with Crippen LogP contribution in [0.25, 0.3) is 0 Å². The maximum absolute atomic E-state index is 11.7. The van der Waals surface area contributed by atoms with Crippen molar-refractivity contribution in [2.24, 2.45) is 0 Å². The van der Waals surface area contributed by atoms with Gasteiger partial charge in [0.25, 0.3) is 0 Å². The van der Waals surface area contributed by atoms with E-state index in [2.05, 4.69) is 15.9 Å². The first kappa shape index (κ1) is 8.56. The first-order valence-electron chi connectivity index (χ1n) is 3.87. The number of furan rings is 1. The maximum Gasteiger partial charge on any atom is 0.228 e. The van der Waals surface area contributed by atoms with Crippen molar-refractivity contribution in [1.82, 2.24) is 0 Å². The lowest BCUT2D eigenvalue weighted by molar-refractivity contribution is 0.100. The second-order valence-corrected chi connectivity index (χ2v) is 3.55. The molecule has 1 aromatic heterocycles. The van der Waals surface area contributed by atoms with E-state index < -0.39 is 0 Å². The molecule has 1 aliphatic heterocycles. The maximum atomic E-state index is 11.7. The standard InChI is InChI=1S/C9H7BrO3/c10-7-2-4-13-9(7)8(11)6-1-3-12-5-6/h2,4-5H,1,3H2. The van der Waals surface area contributed by atoms with Crippen LogP contribution in [0.3, 0.4) is 0 Å². The van der Waals surface area contributed by atoms with Crippen LogP contribution in [-0.4, -0.2) is 12.4 Å². The normalized spacial score (nSPS) is 15.3. The Morgan fingerprint density at radius 3 is 2.92 bits per heavy atom. The molecule has 1 aromatic rings. The highest BCUT2D eigenvalue weighted by atomic mass is 79.9. The molecular formula is C9H7BrO3. The third-order valence-electron chi connectivity index (χ3n) is 1.83. The molecular weight excluding hydrogens is 236 g/mol. The van der Waals surface area contributed by atoms with Crippen molar-refractivity contribution < 1.29 is 13.9 Å². The quantitative estimate of drug-likeness (QED) is 0.749. The summed E-state index contributed by atoms with van der Waals surface area (Å²) in [5, 5.41) is 0. The highest BCUT2D eigenvalue weighted by Crippen LogP contribution is 2.23. The van der Waals surface area contributed by atoms with Crippen molar-refractivity contribution >= 4 is 21.7 Å². The number of rotatable bonds is 2. The topological polar surface area (TPSA) is 39.4 Å². The summed E-state index contributed by atoms with van der Waals surface area (Å²) in [6, 6.07) is 1.70. The van der Waals surface area contributed by atoms with Crippen LogP contribution in [0, 0.1) is 0 Å². The van der Waals surface area contributed by atoms with Crippen molar-refractivity contribution in [3.63, 3.8) is 0 Å². The van der Waals surface area contributed by atoms with Crippen LogP contribution < -0.4 is 0 Å². The zero-order chi connectivity index (χ0) is 9.26. The highest BCUT2D eigenvalue weighted by molar-refractivity contribution is 9.10. The summed E-state index contributed by atoms with van der Waals surface area (Å²) in [4.78, 5) is 11.7. The monoisotopic (exact) mass is 242 g/mol. The van der Waals surface area contributed by atoms with Gasteiger partial charge in [-0.1, -0.05) is 0 Å². The molecule has 1 aliphatic rings. The van der Waals surface area contributed by atoms with Gasteiger partial charge in [-0.3, -0.25) is 4.79 Å². The van der Waals surface area contributed by atoms with E-state index in [9.17, 15) is 4.79 Å². The summed E-state index contributed by atoms with van der Waals surface area (Å²) < 4.78 is 10.7. The molecule has 2 rings (SSSR count). The van der Waals surface area contributed by atoms with Gasteiger partial charge >= 0.3 is 0 Å². The first-order valence-corrected chi connectivity index (χ1v) is 4.66. The summed E-state index contributed by atoms with van der Waals surface area (Å²) >= 11 is 3.23. The molecule has 0 unspecified atom stereocenters. The van der Waals surface area contributed by atoms with Gasteiger partial charge in [0, 0.05) is 12.0 Å². The lowest BCUT2D eigenvalue weighted by atomic mass is 10.1. The predicted molar refractivity (Wildman–Crippen MR) is 49.4 cm³/mol. The molecule has 0 fully saturated rings. The third-order valence-corrected chi connectivity index (χ3v) is 2.45. The molecule has 13 heavy (non-hydrogen) atoms. The van der Waals surface area contributed by atoms with E-state index in [1.165, 1.54) is 12.5 Å². The largest absolute Gasteiger partial charge is 0.500 e. The number of ether oxygens (including phenoxy) is 1. The third kappa shape index (κ3) is 1.54. The summed E-state index contributed by atoms with van der Waals surface area (Å²) in [7, 11) is 0. The molecule has 0 spiro atoms. The van der Waals surface area contributed by atoms with Crippen LogP contribution in [0.4, 0.5) is 0 Å². The van der Waals surface area contributed by atoms with Crippen molar-refractivity contribution in [3.8, 4) is 0 Å². The molecule has 0 bridgehead atoms. The van der Waals surface area contributed by atoms with Crippen LogP contribution in [0.15, 0.2) is 33.1 Å². The zero-order valence-electron chi connectivity index (χ0n) is 6.75. The molecule has 0 amide bonds. The molecule has 0 aliphatic carbocycles. The fraction of sp³-hybridized carbons (Fsp3) is 0.222. The van der Waals surface area contributed by atoms with Gasteiger partial charge in [0.2, 0.25) is 5.78 Å². The van der Waals surface area contributed by atoms with E-state index in [1.54, 1.807) is 6.07 Å². The van der Waals surface area contributed by atoms with E-state index in [1.807, 2.05) is 0 Å². The minimum absolute atomic E-state index is 0.102. The second-order valence-electron chi connectivity index (χ2n) is 2.69. The Kier molecular flexibility index (Phi) is 2.22. The van der Waals surface area contributed by atoms with Crippen LogP contribution in [0.2, 0.25) is 0 Å². The molecule has 0 saturated carbocycles. The number of halogens is 1. The Morgan fingerprint density at radius 2 is 2.38 bits per heavy atom. The number of hydrogen-bond acceptors (Lipinski definition) is 3. The van der Waals surface area contributed by atoms with Gasteiger partial charge in [-0.25, -0.2) is 0 Å². The van der Waals surface area contributed by atoms with Gasteiger partial charge in [0.1, 0.15) is 0 Å². The van der Waals surface area contributed by atoms with Gasteiger partial charge in [0.05, 0.1) is 23.6 Å². The summed E-state index contributed by atoms with van der Waals surface area (Å²) in [6.07, 6.45) is 3.64. The molecule has 68 valence electrons. The molecule has 2 heterocycles. The van der Waals surface area contributed by atoms with Crippen LogP contribution in [0.5, 0.6) is 0 Å². The van der Waals surface area contributed by atoms with E-state index in [-0.39, 0.29) is 5.78 Å². The van der Waals surface area contributed by atoms with Crippen molar-refractivity contribution in [2.45, 2.75) is 6.42 Å². The fourth-order valence-corrected chi connectivity index (χ4v) is 1.54. The van der Waals surface area contributed by atoms with Gasteiger partial charge in [-0.05, 0) is 22.0 Å². The average Bonchev–Trinajstić information content (AvgIpc) is 2.72. The van der Waals surface area contributed by atoms with E-state index in [0.717, 1.165) is 0 Å². The minimum Gasteiger partial charge on any atom is -0.500 e. The van der Waals surface area contributed by atoms with Gasteiger partial charge in [-0.15, -0.1) is 0 Å². The van der Waals surface area contributed by atoms with Crippen molar-refractivity contribution in [1.29, 1.82) is 0 Å². The molecule has 0 aromatic carbocycles.